The van der Waals surface area contributed by atoms with Gasteiger partial charge in [-0.1, -0.05) is 24.3 Å². The van der Waals surface area contributed by atoms with E-state index in [-0.39, 0.29) is 25.4 Å². The highest BCUT2D eigenvalue weighted by Gasteiger charge is 2.06. The maximum absolute atomic E-state index is 10.4. The molecule has 5 heteroatoms. The van der Waals surface area contributed by atoms with E-state index in [1.165, 1.54) is 0 Å². The van der Waals surface area contributed by atoms with Gasteiger partial charge in [0.05, 0.1) is 12.5 Å². The number of hydrogen-bond donors (Lipinski definition) is 3. The molecule has 1 rings (SSSR count). The number of aliphatic carboxylic acids is 1. The van der Waals surface area contributed by atoms with E-state index in [1.807, 2.05) is 0 Å². The molecule has 4 nitrogen and oxygen atoms in total. The second-order valence-electron chi connectivity index (χ2n) is 3.07. The summed E-state index contributed by atoms with van der Waals surface area (Å²) in [6, 6.07) is 6.81. The van der Waals surface area contributed by atoms with Crippen molar-refractivity contribution in [1.82, 2.24) is 0 Å². The average Bonchev–Trinajstić information content (AvgIpc) is 2.16. The molecule has 0 spiro atoms. The molecule has 1 aromatic carbocycles. The van der Waals surface area contributed by atoms with Crippen molar-refractivity contribution >= 4 is 18.4 Å². The molecule has 0 aromatic heterocycles. The zero-order valence-electron chi connectivity index (χ0n) is 8.09. The number of aliphatic hydroxyl groups is 1. The van der Waals surface area contributed by atoms with Crippen molar-refractivity contribution in [1.29, 1.82) is 0 Å². The third-order valence-corrected chi connectivity index (χ3v) is 1.91. The van der Waals surface area contributed by atoms with E-state index in [0.717, 1.165) is 0 Å². The number of rotatable bonds is 4. The summed E-state index contributed by atoms with van der Waals surface area (Å²) in [5.41, 5.74) is 6.62. The predicted molar refractivity (Wildman–Crippen MR) is 59.0 cm³/mol. The molecule has 1 atom stereocenters. The lowest BCUT2D eigenvalue weighted by atomic mass is 10.0. The predicted octanol–water partition coefficient (Wildman–Crippen LogP) is 0.728. The standard InChI is InChI=1S/C10H13NO3.ClH/c11-6-9(12)8-3-1-2-7(4-8)5-10(13)14;/h1-4,9,12H,5-6,11H2,(H,13,14);1H. The van der Waals surface area contributed by atoms with Crippen molar-refractivity contribution in [3.05, 3.63) is 35.4 Å². The van der Waals surface area contributed by atoms with Gasteiger partial charge in [-0.3, -0.25) is 4.79 Å². The summed E-state index contributed by atoms with van der Waals surface area (Å²) in [7, 11) is 0. The number of carbonyl (C=O) groups is 1. The molecule has 0 radical (unpaired) electrons. The molecule has 84 valence electrons. The second kappa shape index (κ2) is 6.40. The van der Waals surface area contributed by atoms with Gasteiger partial charge in [0.25, 0.3) is 0 Å². The quantitative estimate of drug-likeness (QED) is 0.713. The van der Waals surface area contributed by atoms with Crippen LogP contribution >= 0.6 is 12.4 Å². The van der Waals surface area contributed by atoms with E-state index in [0.29, 0.717) is 11.1 Å². The fraction of sp³-hybridized carbons (Fsp3) is 0.300. The SMILES string of the molecule is Cl.NCC(O)c1cccc(CC(=O)O)c1. The largest absolute Gasteiger partial charge is 0.481 e. The van der Waals surface area contributed by atoms with E-state index < -0.39 is 12.1 Å². The molecule has 1 aromatic rings. The van der Waals surface area contributed by atoms with Crippen LogP contribution in [0.15, 0.2) is 24.3 Å². The van der Waals surface area contributed by atoms with E-state index in [1.54, 1.807) is 24.3 Å². The van der Waals surface area contributed by atoms with Gasteiger partial charge in [-0.05, 0) is 11.1 Å². The van der Waals surface area contributed by atoms with Crippen molar-refractivity contribution in [2.24, 2.45) is 5.73 Å². The normalized spacial score (nSPS) is 11.6. The van der Waals surface area contributed by atoms with Crippen molar-refractivity contribution in [3.8, 4) is 0 Å². The summed E-state index contributed by atoms with van der Waals surface area (Å²) in [5, 5.41) is 18.0. The first-order valence-corrected chi connectivity index (χ1v) is 4.32. The van der Waals surface area contributed by atoms with Crippen molar-refractivity contribution in [2.75, 3.05) is 6.54 Å². The average molecular weight is 232 g/mol. The molecule has 0 aliphatic heterocycles. The fourth-order valence-electron chi connectivity index (χ4n) is 1.22. The van der Waals surface area contributed by atoms with Crippen LogP contribution in [0.25, 0.3) is 0 Å². The Balaban J connectivity index is 0.00000196. The Kier molecular flexibility index (Phi) is 5.93. The minimum absolute atomic E-state index is 0. The molecule has 0 heterocycles. The van der Waals surface area contributed by atoms with Gasteiger partial charge in [-0.15, -0.1) is 12.4 Å². The third kappa shape index (κ3) is 4.29. The van der Waals surface area contributed by atoms with E-state index >= 15 is 0 Å². The molecule has 0 aliphatic carbocycles. The molecule has 0 amide bonds. The lowest BCUT2D eigenvalue weighted by Gasteiger charge is -2.08. The molecule has 0 saturated heterocycles. The Morgan fingerprint density at radius 1 is 1.47 bits per heavy atom. The highest BCUT2D eigenvalue weighted by atomic mass is 35.5. The lowest BCUT2D eigenvalue weighted by molar-refractivity contribution is -0.136. The molecule has 0 bridgehead atoms. The molecule has 0 fully saturated rings. The van der Waals surface area contributed by atoms with Gasteiger partial charge in [0.1, 0.15) is 0 Å². The zero-order chi connectivity index (χ0) is 10.6. The van der Waals surface area contributed by atoms with Crippen LogP contribution in [-0.4, -0.2) is 22.7 Å². The van der Waals surface area contributed by atoms with E-state index in [2.05, 4.69) is 0 Å². The Labute approximate surface area is 94.1 Å². The van der Waals surface area contributed by atoms with Crippen molar-refractivity contribution < 1.29 is 15.0 Å². The number of carboxylic acid groups (broad SMARTS) is 1. The highest BCUT2D eigenvalue weighted by Crippen LogP contribution is 2.13. The van der Waals surface area contributed by atoms with E-state index in [9.17, 15) is 9.90 Å². The Morgan fingerprint density at radius 2 is 2.13 bits per heavy atom. The van der Waals surface area contributed by atoms with Gasteiger partial charge in [-0.2, -0.15) is 0 Å². The number of benzene rings is 1. The number of aliphatic hydroxyl groups excluding tert-OH is 1. The molecule has 0 saturated carbocycles. The first kappa shape index (κ1) is 13.9. The monoisotopic (exact) mass is 231 g/mol. The lowest BCUT2D eigenvalue weighted by Crippen LogP contribution is -2.12. The number of halogens is 1. The highest BCUT2D eigenvalue weighted by molar-refractivity contribution is 5.85. The van der Waals surface area contributed by atoms with Crippen molar-refractivity contribution in [2.45, 2.75) is 12.5 Å². The van der Waals surface area contributed by atoms with Gasteiger partial charge in [0.15, 0.2) is 0 Å². The summed E-state index contributed by atoms with van der Waals surface area (Å²) in [4.78, 5) is 10.4. The Bertz CT molecular complexity index is 330. The van der Waals surface area contributed by atoms with Crippen LogP contribution in [0.2, 0.25) is 0 Å². The minimum Gasteiger partial charge on any atom is -0.481 e. The minimum atomic E-state index is -0.885. The van der Waals surface area contributed by atoms with Crippen LogP contribution in [0.4, 0.5) is 0 Å². The topological polar surface area (TPSA) is 83.5 Å². The molecular weight excluding hydrogens is 218 g/mol. The maximum atomic E-state index is 10.4. The van der Waals surface area contributed by atoms with Gasteiger partial charge >= 0.3 is 5.97 Å². The first-order chi connectivity index (χ1) is 6.63. The zero-order valence-corrected chi connectivity index (χ0v) is 8.91. The molecule has 0 aliphatic rings. The maximum Gasteiger partial charge on any atom is 0.307 e. The molecular formula is C10H14ClNO3. The van der Waals surface area contributed by atoms with Gasteiger partial charge in [0, 0.05) is 6.54 Å². The molecule has 15 heavy (non-hydrogen) atoms. The summed E-state index contributed by atoms with van der Waals surface area (Å²) < 4.78 is 0. The van der Waals surface area contributed by atoms with Crippen LogP contribution in [0.3, 0.4) is 0 Å². The fourth-order valence-corrected chi connectivity index (χ4v) is 1.22. The van der Waals surface area contributed by atoms with Crippen LogP contribution in [0.1, 0.15) is 17.2 Å². The first-order valence-electron chi connectivity index (χ1n) is 4.32. The summed E-state index contributed by atoms with van der Waals surface area (Å²) in [6.45, 7) is 0.135. The Morgan fingerprint density at radius 3 is 2.67 bits per heavy atom. The van der Waals surface area contributed by atoms with Crippen molar-refractivity contribution in [3.63, 3.8) is 0 Å². The van der Waals surface area contributed by atoms with Gasteiger partial charge in [0.2, 0.25) is 0 Å². The summed E-state index contributed by atoms with van der Waals surface area (Å²) in [5.74, 6) is -0.885. The number of carboxylic acids is 1. The van der Waals surface area contributed by atoms with Gasteiger partial charge < -0.3 is 15.9 Å². The summed E-state index contributed by atoms with van der Waals surface area (Å²) in [6.07, 6.45) is -0.755. The molecule has 1 unspecified atom stereocenters. The number of hydrogen-bond acceptors (Lipinski definition) is 3. The summed E-state index contributed by atoms with van der Waals surface area (Å²) >= 11 is 0. The van der Waals surface area contributed by atoms with Gasteiger partial charge in [-0.25, -0.2) is 0 Å². The van der Waals surface area contributed by atoms with Crippen LogP contribution < -0.4 is 5.73 Å². The van der Waals surface area contributed by atoms with E-state index in [4.69, 9.17) is 10.8 Å². The molecule has 4 N–H and O–H groups in total. The van der Waals surface area contributed by atoms with Crippen LogP contribution in [0, 0.1) is 0 Å². The smallest absolute Gasteiger partial charge is 0.307 e. The third-order valence-electron chi connectivity index (χ3n) is 1.91. The number of nitrogens with two attached hydrogens (primary N) is 1. The van der Waals surface area contributed by atoms with Crippen LogP contribution in [0.5, 0.6) is 0 Å². The Hall–Kier alpha value is -1.10. The van der Waals surface area contributed by atoms with Crippen LogP contribution in [-0.2, 0) is 11.2 Å². The second-order valence-corrected chi connectivity index (χ2v) is 3.07.